The number of hydrogen-bond donors (Lipinski definition) is 1. The van der Waals surface area contributed by atoms with Crippen LogP contribution in [0.4, 0.5) is 5.69 Å². The van der Waals surface area contributed by atoms with Crippen molar-refractivity contribution in [3.8, 4) is 0 Å². The molecule has 1 rings (SSSR count). The van der Waals surface area contributed by atoms with Crippen LogP contribution in [0.25, 0.3) is 6.08 Å². The number of allylic oxidation sites excluding steroid dienone is 3. The Balaban J connectivity index is 1.88. The maximum Gasteiger partial charge on any atom is 0.303 e. The van der Waals surface area contributed by atoms with E-state index in [9.17, 15) is 14.9 Å². The summed E-state index contributed by atoms with van der Waals surface area (Å²) >= 11 is 0. The summed E-state index contributed by atoms with van der Waals surface area (Å²) in [5.41, 5.74) is 1.08. The van der Waals surface area contributed by atoms with Gasteiger partial charge in [0.15, 0.2) is 0 Å². The van der Waals surface area contributed by atoms with Gasteiger partial charge in [0.2, 0.25) is 0 Å². The third kappa shape index (κ3) is 14.6. The van der Waals surface area contributed by atoms with Gasteiger partial charge in [-0.25, -0.2) is 0 Å². The Bertz CT molecular complexity index is 650. The lowest BCUT2D eigenvalue weighted by atomic mass is 10.0. The summed E-state index contributed by atoms with van der Waals surface area (Å²) < 4.78 is 0. The number of non-ortho nitro benzene ring substituents is 1. The first kappa shape index (κ1) is 25.6. The highest BCUT2D eigenvalue weighted by molar-refractivity contribution is 5.66. The van der Waals surface area contributed by atoms with Crippen molar-refractivity contribution >= 4 is 17.7 Å². The SMILES string of the molecule is O=C(O)CCCCCCCCCCCCCC/C=C/C=C/c1ccc([N+](=O)[O-])cc1. The maximum absolute atomic E-state index is 10.6. The minimum Gasteiger partial charge on any atom is -0.481 e. The molecule has 166 valence electrons. The van der Waals surface area contributed by atoms with Crippen molar-refractivity contribution in [2.75, 3.05) is 0 Å². The fourth-order valence-corrected chi connectivity index (χ4v) is 3.35. The zero-order valence-corrected chi connectivity index (χ0v) is 18.1. The molecule has 1 N–H and O–H groups in total. The van der Waals surface area contributed by atoms with E-state index in [1.54, 1.807) is 12.1 Å². The highest BCUT2D eigenvalue weighted by Crippen LogP contribution is 2.14. The lowest BCUT2D eigenvalue weighted by Crippen LogP contribution is -1.93. The third-order valence-corrected chi connectivity index (χ3v) is 5.15. The molecule has 0 saturated heterocycles. The fourth-order valence-electron chi connectivity index (χ4n) is 3.35. The number of nitro groups is 1. The molecule has 0 radical (unpaired) electrons. The normalized spacial score (nSPS) is 11.5. The van der Waals surface area contributed by atoms with Gasteiger partial charge in [-0.2, -0.15) is 0 Å². The molecule has 0 atom stereocenters. The number of nitrogens with zero attached hydrogens (tertiary/aromatic N) is 1. The van der Waals surface area contributed by atoms with Crippen LogP contribution in [-0.2, 0) is 4.79 Å². The lowest BCUT2D eigenvalue weighted by Gasteiger charge is -2.02. The van der Waals surface area contributed by atoms with Gasteiger partial charge in [0.1, 0.15) is 0 Å². The molecule has 5 nitrogen and oxygen atoms in total. The summed E-state index contributed by atoms with van der Waals surface area (Å²) in [5.74, 6) is -0.678. The molecule has 0 aliphatic rings. The maximum atomic E-state index is 10.6. The average molecular weight is 416 g/mol. The molecule has 1 aromatic rings. The number of carboxylic acid groups (broad SMARTS) is 1. The van der Waals surface area contributed by atoms with Crippen LogP contribution in [0.15, 0.2) is 42.5 Å². The summed E-state index contributed by atoms with van der Waals surface area (Å²) in [6.45, 7) is 0. The molecule has 0 spiro atoms. The molecule has 0 aromatic heterocycles. The summed E-state index contributed by atoms with van der Waals surface area (Å²) in [4.78, 5) is 20.6. The Hall–Kier alpha value is -2.43. The molecule has 0 aliphatic carbocycles. The van der Waals surface area contributed by atoms with Crippen LogP contribution in [0.2, 0.25) is 0 Å². The van der Waals surface area contributed by atoms with Crippen LogP contribution in [0.5, 0.6) is 0 Å². The van der Waals surface area contributed by atoms with Gasteiger partial charge in [0.25, 0.3) is 5.69 Å². The minimum absolute atomic E-state index is 0.118. The van der Waals surface area contributed by atoms with Gasteiger partial charge < -0.3 is 5.11 Å². The first-order valence-electron chi connectivity index (χ1n) is 11.4. The Morgan fingerprint density at radius 3 is 1.80 bits per heavy atom. The molecule has 0 fully saturated rings. The van der Waals surface area contributed by atoms with Crippen LogP contribution in [0, 0.1) is 10.1 Å². The van der Waals surface area contributed by atoms with E-state index in [-0.39, 0.29) is 10.6 Å². The molecular formula is C25H37NO4. The van der Waals surface area contributed by atoms with Crippen molar-refractivity contribution in [2.24, 2.45) is 0 Å². The molecule has 0 heterocycles. The predicted molar refractivity (Wildman–Crippen MR) is 124 cm³/mol. The van der Waals surface area contributed by atoms with E-state index >= 15 is 0 Å². The Morgan fingerprint density at radius 1 is 0.800 bits per heavy atom. The first-order valence-corrected chi connectivity index (χ1v) is 11.4. The number of hydrogen-bond acceptors (Lipinski definition) is 3. The van der Waals surface area contributed by atoms with Crippen LogP contribution >= 0.6 is 0 Å². The second-order valence-electron chi connectivity index (χ2n) is 7.81. The van der Waals surface area contributed by atoms with E-state index < -0.39 is 5.97 Å². The number of benzene rings is 1. The van der Waals surface area contributed by atoms with Crippen molar-refractivity contribution in [3.63, 3.8) is 0 Å². The van der Waals surface area contributed by atoms with Gasteiger partial charge in [-0.15, -0.1) is 0 Å². The van der Waals surface area contributed by atoms with Gasteiger partial charge in [-0.1, -0.05) is 88.5 Å². The number of rotatable bonds is 18. The molecule has 0 amide bonds. The second kappa shape index (κ2) is 17.4. The van der Waals surface area contributed by atoms with Crippen LogP contribution in [0.3, 0.4) is 0 Å². The monoisotopic (exact) mass is 415 g/mol. The summed E-state index contributed by atoms with van der Waals surface area (Å²) in [5, 5.41) is 19.2. The van der Waals surface area contributed by atoms with Crippen LogP contribution < -0.4 is 0 Å². The van der Waals surface area contributed by atoms with Gasteiger partial charge in [0, 0.05) is 18.6 Å². The molecular weight excluding hydrogens is 378 g/mol. The standard InChI is InChI=1S/C25H37NO4/c27-25(28)18-16-14-12-10-8-6-4-2-1-3-5-7-9-11-13-15-17-23-19-21-24(22-20-23)26(29)30/h11,13,15,17,19-22H,1-10,12,14,16,18H2,(H,27,28)/b13-11+,17-15+. The Morgan fingerprint density at radius 2 is 1.30 bits per heavy atom. The van der Waals surface area contributed by atoms with E-state index in [1.165, 1.54) is 76.3 Å². The first-order chi connectivity index (χ1) is 14.6. The van der Waals surface area contributed by atoms with Gasteiger partial charge in [0.05, 0.1) is 4.92 Å². The van der Waals surface area contributed by atoms with Crippen molar-refractivity contribution in [2.45, 2.75) is 89.9 Å². The molecule has 0 aliphatic heterocycles. The van der Waals surface area contributed by atoms with Crippen LogP contribution in [-0.4, -0.2) is 16.0 Å². The third-order valence-electron chi connectivity index (χ3n) is 5.15. The van der Waals surface area contributed by atoms with E-state index in [1.807, 2.05) is 18.2 Å². The summed E-state index contributed by atoms with van der Waals surface area (Å²) in [6.07, 6.45) is 24.2. The number of aliphatic carboxylic acids is 1. The van der Waals surface area contributed by atoms with Crippen molar-refractivity contribution in [1.29, 1.82) is 0 Å². The van der Waals surface area contributed by atoms with Gasteiger partial charge in [-0.3, -0.25) is 14.9 Å². The minimum atomic E-state index is -0.678. The van der Waals surface area contributed by atoms with E-state index in [2.05, 4.69) is 6.08 Å². The number of carbonyl (C=O) groups is 1. The zero-order chi connectivity index (χ0) is 21.9. The largest absolute Gasteiger partial charge is 0.481 e. The highest BCUT2D eigenvalue weighted by Gasteiger charge is 2.01. The molecule has 0 bridgehead atoms. The molecule has 5 heteroatoms. The molecule has 0 unspecified atom stereocenters. The second-order valence-corrected chi connectivity index (χ2v) is 7.81. The smallest absolute Gasteiger partial charge is 0.303 e. The summed E-state index contributed by atoms with van der Waals surface area (Å²) in [6, 6.07) is 6.55. The number of carboxylic acids is 1. The zero-order valence-electron chi connectivity index (χ0n) is 18.1. The predicted octanol–water partition coefficient (Wildman–Crippen LogP) is 7.71. The quantitative estimate of drug-likeness (QED) is 0.115. The van der Waals surface area contributed by atoms with E-state index in [4.69, 9.17) is 5.11 Å². The van der Waals surface area contributed by atoms with Crippen molar-refractivity contribution < 1.29 is 14.8 Å². The van der Waals surface area contributed by atoms with Crippen LogP contribution in [0.1, 0.15) is 95.5 Å². The van der Waals surface area contributed by atoms with Gasteiger partial charge in [-0.05, 0) is 37.0 Å². The molecule has 1 aromatic carbocycles. The lowest BCUT2D eigenvalue weighted by molar-refractivity contribution is -0.384. The van der Waals surface area contributed by atoms with E-state index in [0.717, 1.165) is 24.8 Å². The van der Waals surface area contributed by atoms with Gasteiger partial charge >= 0.3 is 5.97 Å². The fraction of sp³-hybridized carbons (Fsp3) is 0.560. The Kier molecular flexibility index (Phi) is 14.9. The van der Waals surface area contributed by atoms with Crippen molar-refractivity contribution in [3.05, 3.63) is 58.2 Å². The number of nitro benzene ring substituents is 1. The molecule has 30 heavy (non-hydrogen) atoms. The van der Waals surface area contributed by atoms with E-state index in [0.29, 0.717) is 6.42 Å². The average Bonchev–Trinajstić information content (AvgIpc) is 2.73. The number of unbranched alkanes of at least 4 members (excludes halogenated alkanes) is 12. The Labute approximate surface area is 181 Å². The summed E-state index contributed by atoms with van der Waals surface area (Å²) in [7, 11) is 0. The van der Waals surface area contributed by atoms with Crippen molar-refractivity contribution in [1.82, 2.24) is 0 Å². The molecule has 0 saturated carbocycles. The topological polar surface area (TPSA) is 80.4 Å². The highest BCUT2D eigenvalue weighted by atomic mass is 16.6.